The summed E-state index contributed by atoms with van der Waals surface area (Å²) in [5.74, 6) is -1.53. The Labute approximate surface area is 216 Å². The smallest absolute Gasteiger partial charge is 0.411 e. The van der Waals surface area contributed by atoms with Gasteiger partial charge in [-0.3, -0.25) is 10.1 Å². The van der Waals surface area contributed by atoms with E-state index in [-0.39, 0.29) is 5.92 Å². The van der Waals surface area contributed by atoms with Crippen LogP contribution in [0, 0.1) is 5.92 Å². The molecule has 1 aromatic carbocycles. The lowest BCUT2D eigenvalue weighted by molar-refractivity contribution is -0.183. The molecule has 1 aliphatic carbocycles. The molecule has 2 N–H and O–H groups in total. The van der Waals surface area contributed by atoms with Crippen molar-refractivity contribution in [3.63, 3.8) is 0 Å². The number of carbonyl (C=O) groups is 4. The minimum Gasteiger partial charge on any atom is -0.456 e. The molecule has 1 spiro atoms. The molecule has 1 heterocycles. The van der Waals surface area contributed by atoms with Crippen LogP contribution < -0.4 is 10.6 Å². The molecule has 37 heavy (non-hydrogen) atoms. The van der Waals surface area contributed by atoms with Crippen LogP contribution in [0.1, 0.15) is 63.2 Å². The van der Waals surface area contributed by atoms with Gasteiger partial charge in [0.25, 0.3) is 0 Å². The second kappa shape index (κ2) is 12.4. The Morgan fingerprint density at radius 1 is 1.03 bits per heavy atom. The highest BCUT2D eigenvalue weighted by atomic mass is 16.7. The van der Waals surface area contributed by atoms with Gasteiger partial charge < -0.3 is 29.0 Å². The molecule has 3 rings (SSSR count). The van der Waals surface area contributed by atoms with Crippen molar-refractivity contribution in [2.24, 2.45) is 5.92 Å². The summed E-state index contributed by atoms with van der Waals surface area (Å²) in [6.07, 6.45) is 1.94. The number of Topliss-reactive ketones (excluding diaryl/α,β-unsaturated/α-hetero) is 1. The topological polar surface area (TPSA) is 138 Å². The number of hydrogen-bond acceptors (Lipinski definition) is 9. The van der Waals surface area contributed by atoms with Crippen LogP contribution in [0.4, 0.5) is 15.3 Å². The molecule has 1 atom stereocenters. The summed E-state index contributed by atoms with van der Waals surface area (Å²) in [7, 11) is 1.25. The van der Waals surface area contributed by atoms with E-state index in [1.807, 2.05) is 0 Å². The molecule has 204 valence electrons. The molecular weight excluding hydrogens is 484 g/mol. The first-order valence-electron chi connectivity index (χ1n) is 12.4. The largest absolute Gasteiger partial charge is 0.456 e. The number of esters is 1. The van der Waals surface area contributed by atoms with E-state index in [0.717, 1.165) is 12.8 Å². The minimum absolute atomic E-state index is 0.136. The Morgan fingerprint density at radius 3 is 2.22 bits per heavy atom. The van der Waals surface area contributed by atoms with E-state index < -0.39 is 48.0 Å². The molecule has 1 unspecified atom stereocenters. The van der Waals surface area contributed by atoms with Gasteiger partial charge in [0.2, 0.25) is 0 Å². The van der Waals surface area contributed by atoms with Crippen LogP contribution in [0.15, 0.2) is 24.3 Å². The molecular formula is C26H36N2O9. The maximum Gasteiger partial charge on any atom is 0.411 e. The highest BCUT2D eigenvalue weighted by Crippen LogP contribution is 2.39. The Hall–Kier alpha value is -3.18. The lowest BCUT2D eigenvalue weighted by atomic mass is 9.81. The van der Waals surface area contributed by atoms with E-state index in [0.29, 0.717) is 43.7 Å². The van der Waals surface area contributed by atoms with Crippen LogP contribution in [0.5, 0.6) is 0 Å². The highest BCUT2D eigenvalue weighted by molar-refractivity contribution is 5.98. The predicted molar refractivity (Wildman–Crippen MR) is 132 cm³/mol. The van der Waals surface area contributed by atoms with Crippen LogP contribution in [-0.2, 0) is 28.5 Å². The zero-order chi connectivity index (χ0) is 27.1. The van der Waals surface area contributed by atoms with E-state index >= 15 is 0 Å². The van der Waals surface area contributed by atoms with E-state index in [1.54, 1.807) is 20.8 Å². The maximum atomic E-state index is 13.0. The highest BCUT2D eigenvalue weighted by Gasteiger charge is 2.41. The number of ether oxygens (including phenoxy) is 5. The second-order valence-electron chi connectivity index (χ2n) is 10.2. The quantitative estimate of drug-likeness (QED) is 0.298. The summed E-state index contributed by atoms with van der Waals surface area (Å²) in [5, 5.41) is 5.10. The molecule has 1 saturated carbocycles. The fraction of sp³-hybridized carbons (Fsp3) is 0.615. The van der Waals surface area contributed by atoms with Crippen molar-refractivity contribution in [2.75, 3.05) is 32.2 Å². The molecule has 0 radical (unpaired) electrons. The first kappa shape index (κ1) is 28.4. The number of alkyl carbamates (subject to hydrolysis) is 1. The van der Waals surface area contributed by atoms with Gasteiger partial charge >= 0.3 is 18.2 Å². The number of hydrogen-bond donors (Lipinski definition) is 2. The summed E-state index contributed by atoms with van der Waals surface area (Å²) in [5.41, 5.74) is 0.0105. The van der Waals surface area contributed by atoms with Gasteiger partial charge in [0.05, 0.1) is 20.3 Å². The number of ketones is 1. The standard InChI is InChI=1S/C26H36N2O9/c1-25(2,3)37-24(32)28-20(15-17-9-11-26(12-10-17)35-13-14-36-26)22(30)34-16-21(29)18-5-7-19(8-6-18)27-23(31)33-4/h5-8,17,20H,9-16H2,1-4H3,(H,27,31)(H,28,32). The van der Waals surface area contributed by atoms with Crippen molar-refractivity contribution in [1.29, 1.82) is 0 Å². The number of rotatable bonds is 8. The fourth-order valence-corrected chi connectivity index (χ4v) is 4.36. The van der Waals surface area contributed by atoms with Gasteiger partial charge in [-0.05, 0) is 70.2 Å². The SMILES string of the molecule is COC(=O)Nc1ccc(C(=O)COC(=O)C(CC2CCC3(CC2)OCCO3)NC(=O)OC(C)(C)C)cc1. The molecule has 1 aromatic rings. The first-order valence-corrected chi connectivity index (χ1v) is 12.4. The maximum absolute atomic E-state index is 13.0. The van der Waals surface area contributed by atoms with Crippen molar-refractivity contribution in [1.82, 2.24) is 5.32 Å². The Kier molecular flexibility index (Phi) is 9.50. The fourth-order valence-electron chi connectivity index (χ4n) is 4.36. The zero-order valence-electron chi connectivity index (χ0n) is 21.8. The van der Waals surface area contributed by atoms with E-state index in [1.165, 1.54) is 31.4 Å². The van der Waals surface area contributed by atoms with E-state index in [4.69, 9.17) is 18.9 Å². The van der Waals surface area contributed by atoms with Crippen molar-refractivity contribution < 1.29 is 42.9 Å². The Balaban J connectivity index is 1.57. The average Bonchev–Trinajstić information content (AvgIpc) is 3.30. The van der Waals surface area contributed by atoms with Crippen molar-refractivity contribution >= 4 is 29.6 Å². The number of benzene rings is 1. The molecule has 0 bridgehead atoms. The summed E-state index contributed by atoms with van der Waals surface area (Å²) in [6, 6.07) is 5.10. The van der Waals surface area contributed by atoms with Gasteiger partial charge in [0.1, 0.15) is 11.6 Å². The van der Waals surface area contributed by atoms with Gasteiger partial charge in [0.15, 0.2) is 18.2 Å². The molecule has 1 aliphatic heterocycles. The van der Waals surface area contributed by atoms with Gasteiger partial charge in [-0.25, -0.2) is 14.4 Å². The summed E-state index contributed by atoms with van der Waals surface area (Å²) >= 11 is 0. The third-order valence-corrected chi connectivity index (χ3v) is 6.21. The van der Waals surface area contributed by atoms with Crippen molar-refractivity contribution in [3.05, 3.63) is 29.8 Å². The van der Waals surface area contributed by atoms with E-state index in [9.17, 15) is 19.2 Å². The number of anilines is 1. The monoisotopic (exact) mass is 520 g/mol. The number of carbonyl (C=O) groups excluding carboxylic acids is 4. The first-order chi connectivity index (χ1) is 17.5. The number of amides is 2. The van der Waals surface area contributed by atoms with Crippen LogP contribution >= 0.6 is 0 Å². The van der Waals surface area contributed by atoms with Gasteiger partial charge in [-0.1, -0.05) is 0 Å². The van der Waals surface area contributed by atoms with Crippen LogP contribution in [0.2, 0.25) is 0 Å². The molecule has 2 fully saturated rings. The molecule has 2 amide bonds. The van der Waals surface area contributed by atoms with Crippen LogP contribution in [0.3, 0.4) is 0 Å². The third kappa shape index (κ3) is 8.71. The third-order valence-electron chi connectivity index (χ3n) is 6.21. The summed E-state index contributed by atoms with van der Waals surface area (Å²) in [6.45, 7) is 5.85. The van der Waals surface area contributed by atoms with Gasteiger partial charge in [-0.2, -0.15) is 0 Å². The Bertz CT molecular complexity index is 955. The van der Waals surface area contributed by atoms with Gasteiger partial charge in [-0.15, -0.1) is 0 Å². The van der Waals surface area contributed by atoms with Crippen molar-refractivity contribution in [3.8, 4) is 0 Å². The average molecular weight is 521 g/mol. The van der Waals surface area contributed by atoms with Gasteiger partial charge in [0, 0.05) is 24.1 Å². The van der Waals surface area contributed by atoms with Crippen LogP contribution in [-0.4, -0.2) is 68.3 Å². The lowest BCUT2D eigenvalue weighted by Gasteiger charge is -2.36. The molecule has 2 aliphatic rings. The number of nitrogens with one attached hydrogen (secondary N) is 2. The number of methoxy groups -OCH3 is 1. The molecule has 1 saturated heterocycles. The van der Waals surface area contributed by atoms with Crippen molar-refractivity contribution in [2.45, 2.75) is 70.3 Å². The Morgan fingerprint density at radius 2 is 1.65 bits per heavy atom. The zero-order valence-corrected chi connectivity index (χ0v) is 21.8. The van der Waals surface area contributed by atoms with Crippen LogP contribution in [0.25, 0.3) is 0 Å². The van der Waals surface area contributed by atoms with E-state index in [2.05, 4.69) is 15.4 Å². The molecule has 0 aromatic heterocycles. The normalized spacial score (nSPS) is 18.1. The summed E-state index contributed by atoms with van der Waals surface area (Å²) < 4.78 is 26.7. The minimum atomic E-state index is -0.973. The second-order valence-corrected chi connectivity index (χ2v) is 10.2. The predicted octanol–water partition coefficient (Wildman–Crippen LogP) is 3.81. The lowest BCUT2D eigenvalue weighted by Crippen LogP contribution is -2.46. The summed E-state index contributed by atoms with van der Waals surface area (Å²) in [4.78, 5) is 49.2. The molecule has 11 heteroatoms. The molecule has 11 nitrogen and oxygen atoms in total.